The van der Waals surface area contributed by atoms with Gasteiger partial charge in [0, 0.05) is 40.3 Å². The molecule has 2 heterocycles. The number of ether oxygens (including phenoxy) is 2. The second-order valence-corrected chi connectivity index (χ2v) is 5.99. The van der Waals surface area contributed by atoms with Gasteiger partial charge in [-0.3, -0.25) is 0 Å². The molecule has 0 unspecified atom stereocenters. The van der Waals surface area contributed by atoms with Gasteiger partial charge in [-0.15, -0.1) is 0 Å². The minimum Gasteiger partial charge on any atom is -0.378 e. The third-order valence-corrected chi connectivity index (χ3v) is 4.15. The maximum Gasteiger partial charge on any atom is 0.201 e. The van der Waals surface area contributed by atoms with Crippen molar-refractivity contribution in [3.05, 3.63) is 24.3 Å². The third-order valence-electron chi connectivity index (χ3n) is 4.15. The Bertz CT molecular complexity index is 535. The molecule has 2 aliphatic heterocycles. The van der Waals surface area contributed by atoms with Crippen molar-refractivity contribution in [2.45, 2.75) is 0 Å². The summed E-state index contributed by atoms with van der Waals surface area (Å²) in [7, 11) is 4.09. The lowest BCUT2D eigenvalue weighted by molar-refractivity contribution is 0.0638. The Morgan fingerprint density at radius 3 is 2.22 bits per heavy atom. The summed E-state index contributed by atoms with van der Waals surface area (Å²) in [6.07, 6.45) is 0. The summed E-state index contributed by atoms with van der Waals surface area (Å²) in [4.78, 5) is 11.7. The predicted molar refractivity (Wildman–Crippen MR) is 92.6 cm³/mol. The molecule has 0 aromatic heterocycles. The highest BCUT2D eigenvalue weighted by Gasteiger charge is 2.19. The molecule has 126 valence electrons. The lowest BCUT2D eigenvalue weighted by Crippen LogP contribution is -2.46. The molecule has 0 aliphatic carbocycles. The number of nitrogens with zero attached hydrogens (tertiary/aromatic N) is 4. The van der Waals surface area contributed by atoms with Crippen molar-refractivity contribution in [2.24, 2.45) is 4.99 Å². The minimum absolute atomic E-state index is 0.762. The van der Waals surface area contributed by atoms with E-state index in [0.29, 0.717) is 0 Å². The summed E-state index contributed by atoms with van der Waals surface area (Å²) in [5, 5.41) is 0. The summed E-state index contributed by atoms with van der Waals surface area (Å²) < 4.78 is 10.9. The summed E-state index contributed by atoms with van der Waals surface area (Å²) in [6.45, 7) is 6.69. The number of rotatable bonds is 2. The van der Waals surface area contributed by atoms with Crippen LogP contribution in [0.5, 0.6) is 0 Å². The average Bonchev–Trinajstić information content (AvgIpc) is 2.61. The second-order valence-electron chi connectivity index (χ2n) is 5.99. The molecule has 1 aromatic rings. The molecule has 0 radical (unpaired) electrons. The molecule has 0 amide bonds. The van der Waals surface area contributed by atoms with Crippen LogP contribution in [0.3, 0.4) is 0 Å². The van der Waals surface area contributed by atoms with E-state index in [4.69, 9.17) is 14.5 Å². The monoisotopic (exact) mass is 318 g/mol. The van der Waals surface area contributed by atoms with E-state index in [2.05, 4.69) is 39.0 Å². The highest BCUT2D eigenvalue weighted by molar-refractivity contribution is 5.85. The lowest BCUT2D eigenvalue weighted by atomic mass is 10.2. The van der Waals surface area contributed by atoms with Crippen LogP contribution in [-0.2, 0) is 9.47 Å². The molecule has 1 aromatic carbocycles. The first-order valence-electron chi connectivity index (χ1n) is 8.26. The summed E-state index contributed by atoms with van der Waals surface area (Å²) in [5.74, 6) is 0.994. The smallest absolute Gasteiger partial charge is 0.201 e. The van der Waals surface area contributed by atoms with Gasteiger partial charge < -0.3 is 24.2 Å². The van der Waals surface area contributed by atoms with Gasteiger partial charge >= 0.3 is 0 Å². The van der Waals surface area contributed by atoms with Crippen LogP contribution in [0.1, 0.15) is 0 Å². The van der Waals surface area contributed by atoms with Gasteiger partial charge in [0.15, 0.2) is 0 Å². The molecule has 0 saturated carbocycles. The molecule has 23 heavy (non-hydrogen) atoms. The first-order valence-corrected chi connectivity index (χ1v) is 8.26. The topological polar surface area (TPSA) is 40.5 Å². The molecule has 2 aliphatic rings. The van der Waals surface area contributed by atoms with Crippen molar-refractivity contribution in [1.82, 2.24) is 9.80 Å². The van der Waals surface area contributed by atoms with Crippen LogP contribution in [-0.4, -0.2) is 82.5 Å². The Morgan fingerprint density at radius 1 is 0.957 bits per heavy atom. The summed E-state index contributed by atoms with van der Waals surface area (Å²) in [5.41, 5.74) is 2.20. The van der Waals surface area contributed by atoms with E-state index in [1.54, 1.807) is 0 Å². The van der Waals surface area contributed by atoms with Crippen molar-refractivity contribution in [1.29, 1.82) is 0 Å². The number of anilines is 1. The van der Waals surface area contributed by atoms with Crippen LogP contribution in [0, 0.1) is 0 Å². The normalized spacial score (nSPS) is 19.8. The second kappa shape index (κ2) is 7.66. The fourth-order valence-electron chi connectivity index (χ4n) is 2.96. The zero-order chi connectivity index (χ0) is 16.1. The van der Waals surface area contributed by atoms with Gasteiger partial charge in [0.25, 0.3) is 0 Å². The average molecular weight is 318 g/mol. The number of morpholine rings is 2. The first kappa shape index (κ1) is 16.1. The van der Waals surface area contributed by atoms with E-state index < -0.39 is 0 Å². The quantitative estimate of drug-likeness (QED) is 0.609. The number of guanidine groups is 1. The Labute approximate surface area is 138 Å². The molecular formula is C17H26N4O2. The van der Waals surface area contributed by atoms with Crippen molar-refractivity contribution in [2.75, 3.05) is 71.6 Å². The largest absolute Gasteiger partial charge is 0.378 e. The molecule has 0 bridgehead atoms. The highest BCUT2D eigenvalue weighted by atomic mass is 16.5. The minimum atomic E-state index is 0.762. The molecule has 0 spiro atoms. The SMILES string of the molecule is CN(C)/C(=N\c1ccccc1N1CCOCC1)N1CCOCC1. The van der Waals surface area contributed by atoms with E-state index >= 15 is 0 Å². The number of hydrogen-bond acceptors (Lipinski definition) is 4. The lowest BCUT2D eigenvalue weighted by Gasteiger charge is -2.34. The maximum absolute atomic E-state index is 5.47. The van der Waals surface area contributed by atoms with Crippen LogP contribution in [0.15, 0.2) is 29.3 Å². The molecule has 2 fully saturated rings. The number of benzene rings is 1. The van der Waals surface area contributed by atoms with Crippen molar-refractivity contribution in [3.8, 4) is 0 Å². The van der Waals surface area contributed by atoms with Crippen LogP contribution < -0.4 is 4.90 Å². The Balaban J connectivity index is 1.89. The van der Waals surface area contributed by atoms with Gasteiger partial charge in [-0.25, -0.2) is 4.99 Å². The van der Waals surface area contributed by atoms with E-state index in [-0.39, 0.29) is 0 Å². The van der Waals surface area contributed by atoms with Crippen molar-refractivity contribution in [3.63, 3.8) is 0 Å². The zero-order valence-corrected chi connectivity index (χ0v) is 14.1. The molecule has 3 rings (SSSR count). The van der Waals surface area contributed by atoms with E-state index in [9.17, 15) is 0 Å². The van der Waals surface area contributed by atoms with Gasteiger partial charge in [0.2, 0.25) is 5.96 Å². The first-order chi connectivity index (χ1) is 11.3. The van der Waals surface area contributed by atoms with Crippen LogP contribution >= 0.6 is 0 Å². The molecule has 6 heteroatoms. The molecule has 6 nitrogen and oxygen atoms in total. The summed E-state index contributed by atoms with van der Waals surface area (Å²) in [6, 6.07) is 8.37. The van der Waals surface area contributed by atoms with Gasteiger partial charge in [-0.1, -0.05) is 12.1 Å². The molecule has 2 saturated heterocycles. The van der Waals surface area contributed by atoms with Crippen molar-refractivity contribution >= 4 is 17.3 Å². The number of para-hydroxylation sites is 2. The summed E-state index contributed by atoms with van der Waals surface area (Å²) >= 11 is 0. The fraction of sp³-hybridized carbons (Fsp3) is 0.588. The van der Waals surface area contributed by atoms with E-state index in [0.717, 1.165) is 64.3 Å². The third kappa shape index (κ3) is 3.95. The van der Waals surface area contributed by atoms with E-state index in [1.807, 2.05) is 14.1 Å². The van der Waals surface area contributed by atoms with Crippen LogP contribution in [0.25, 0.3) is 0 Å². The van der Waals surface area contributed by atoms with Gasteiger partial charge in [0.05, 0.1) is 37.8 Å². The molecular weight excluding hydrogens is 292 g/mol. The maximum atomic E-state index is 5.47. The molecule has 0 N–H and O–H groups in total. The Kier molecular flexibility index (Phi) is 5.35. The number of hydrogen-bond donors (Lipinski definition) is 0. The predicted octanol–water partition coefficient (Wildman–Crippen LogP) is 1.40. The van der Waals surface area contributed by atoms with Crippen molar-refractivity contribution < 1.29 is 9.47 Å². The Hall–Kier alpha value is -1.79. The fourth-order valence-corrected chi connectivity index (χ4v) is 2.96. The standard InChI is InChI=1S/C17H26N4O2/c1-19(2)17(21-9-13-23-14-10-21)18-15-5-3-4-6-16(15)20-7-11-22-12-8-20/h3-6H,7-14H2,1-2H3/b18-17+. The highest BCUT2D eigenvalue weighted by Crippen LogP contribution is 2.29. The van der Waals surface area contributed by atoms with E-state index in [1.165, 1.54) is 5.69 Å². The van der Waals surface area contributed by atoms with Crippen LogP contribution in [0.2, 0.25) is 0 Å². The molecule has 0 atom stereocenters. The van der Waals surface area contributed by atoms with Crippen LogP contribution in [0.4, 0.5) is 11.4 Å². The zero-order valence-electron chi connectivity index (χ0n) is 14.1. The Morgan fingerprint density at radius 2 is 1.57 bits per heavy atom. The van der Waals surface area contributed by atoms with Gasteiger partial charge in [-0.2, -0.15) is 0 Å². The van der Waals surface area contributed by atoms with Gasteiger partial charge in [0.1, 0.15) is 0 Å². The number of aliphatic imine (C=N–C) groups is 1. The van der Waals surface area contributed by atoms with Gasteiger partial charge in [-0.05, 0) is 12.1 Å².